The molecule has 3 N–H and O–H groups in total. The van der Waals surface area contributed by atoms with E-state index >= 15 is 0 Å². The number of nitrogens with one attached hydrogen (secondary N) is 1. The summed E-state index contributed by atoms with van der Waals surface area (Å²) < 4.78 is 5.31. The van der Waals surface area contributed by atoms with Gasteiger partial charge in [-0.05, 0) is 65.7 Å². The van der Waals surface area contributed by atoms with E-state index in [0.29, 0.717) is 28.8 Å². The summed E-state index contributed by atoms with van der Waals surface area (Å²) in [6, 6.07) is 24.9. The number of rotatable bonds is 8. The van der Waals surface area contributed by atoms with Crippen molar-refractivity contribution in [3.05, 3.63) is 101 Å². The normalized spacial score (nSPS) is 15.8. The van der Waals surface area contributed by atoms with E-state index in [4.69, 9.17) is 15.5 Å². The van der Waals surface area contributed by atoms with Crippen LogP contribution in [0.5, 0.6) is 5.75 Å². The molecule has 3 aromatic carbocycles. The van der Waals surface area contributed by atoms with Crippen LogP contribution in [0.15, 0.2) is 95.0 Å². The zero-order valence-electron chi connectivity index (χ0n) is 19.4. The van der Waals surface area contributed by atoms with Crippen molar-refractivity contribution < 1.29 is 14.3 Å². The van der Waals surface area contributed by atoms with Gasteiger partial charge in [0.15, 0.2) is 11.8 Å². The van der Waals surface area contributed by atoms with Crippen molar-refractivity contribution >= 4 is 51.4 Å². The fourth-order valence-corrected chi connectivity index (χ4v) is 4.96. The fraction of sp³-hybridized carbons (Fsp3) is 0.107. The van der Waals surface area contributed by atoms with E-state index in [0.717, 1.165) is 27.7 Å². The highest BCUT2D eigenvalue weighted by Gasteiger charge is 2.33. The maximum atomic E-state index is 13.5. The number of amidine groups is 1. The van der Waals surface area contributed by atoms with Crippen LogP contribution in [0, 0.1) is 0 Å². The predicted octanol–water partition coefficient (Wildman–Crippen LogP) is 4.88. The third-order valence-corrected chi connectivity index (χ3v) is 6.71. The second-order valence-electron chi connectivity index (χ2n) is 8.23. The van der Waals surface area contributed by atoms with Crippen molar-refractivity contribution in [1.29, 1.82) is 0 Å². The molecule has 2 amide bonds. The van der Waals surface area contributed by atoms with E-state index in [9.17, 15) is 9.59 Å². The lowest BCUT2D eigenvalue weighted by molar-refractivity contribution is -0.122. The van der Waals surface area contributed by atoms with Gasteiger partial charge in [0, 0.05) is 23.6 Å². The van der Waals surface area contributed by atoms with Crippen LogP contribution >= 0.6 is 11.8 Å². The van der Waals surface area contributed by atoms with Crippen molar-refractivity contribution in [3.8, 4) is 5.75 Å². The number of hydrogen-bond acceptors (Lipinski definition) is 5. The van der Waals surface area contributed by atoms with E-state index in [2.05, 4.69) is 11.1 Å². The molecule has 1 aliphatic heterocycles. The molecular weight excluding hydrogens is 472 g/mol. The Morgan fingerprint density at radius 3 is 2.56 bits per heavy atom. The van der Waals surface area contributed by atoms with Gasteiger partial charge < -0.3 is 15.5 Å². The van der Waals surface area contributed by atoms with Crippen LogP contribution in [0.2, 0.25) is 0 Å². The number of nitrogens with zero attached hydrogens (tertiary/aromatic N) is 2. The molecule has 4 aromatic rings. The Balaban J connectivity index is 1.39. The molecule has 1 aromatic heterocycles. The Labute approximate surface area is 212 Å². The first-order valence-corrected chi connectivity index (χ1v) is 12.3. The number of aromatic amines is 1. The summed E-state index contributed by atoms with van der Waals surface area (Å²) in [7, 11) is 0. The molecule has 8 heteroatoms. The number of para-hydroxylation sites is 2. The zero-order chi connectivity index (χ0) is 24.9. The maximum absolute atomic E-state index is 13.5. The van der Waals surface area contributed by atoms with E-state index in [1.54, 1.807) is 17.0 Å². The summed E-state index contributed by atoms with van der Waals surface area (Å²) in [6.45, 7) is 0.329. The lowest BCUT2D eigenvalue weighted by atomic mass is 10.1. The minimum Gasteiger partial charge on any atom is -0.484 e. The molecule has 0 aliphatic carbocycles. The number of amides is 2. The van der Waals surface area contributed by atoms with Crippen LogP contribution < -0.4 is 10.5 Å². The third kappa shape index (κ3) is 5.34. The summed E-state index contributed by atoms with van der Waals surface area (Å²) in [4.78, 5) is 34.8. The van der Waals surface area contributed by atoms with Gasteiger partial charge in [-0.25, -0.2) is 4.99 Å². The highest BCUT2D eigenvalue weighted by atomic mass is 32.2. The predicted molar refractivity (Wildman–Crippen MR) is 144 cm³/mol. The number of benzene rings is 3. The third-order valence-electron chi connectivity index (χ3n) is 5.71. The lowest BCUT2D eigenvalue weighted by Gasteiger charge is -2.15. The Morgan fingerprint density at radius 1 is 1.03 bits per heavy atom. The number of fused-ring (bicyclic) bond motifs is 1. The molecule has 7 nitrogen and oxygen atoms in total. The first-order chi connectivity index (χ1) is 17.6. The van der Waals surface area contributed by atoms with Crippen molar-refractivity contribution in [2.24, 2.45) is 10.7 Å². The van der Waals surface area contributed by atoms with E-state index in [1.807, 2.05) is 72.9 Å². The molecule has 0 radical (unpaired) electrons. The molecule has 1 aliphatic rings. The van der Waals surface area contributed by atoms with Crippen LogP contribution in [0.4, 0.5) is 5.69 Å². The SMILES string of the molecule is NC(=O)COc1ccc(/C=C2\SC(=Nc3ccccc3)N(CCc3c[nH]c4ccccc34)C2=O)cc1. The first kappa shape index (κ1) is 23.4. The van der Waals surface area contributed by atoms with Crippen molar-refractivity contribution in [3.63, 3.8) is 0 Å². The summed E-state index contributed by atoms with van der Waals surface area (Å²) in [5, 5.41) is 1.81. The molecule has 5 rings (SSSR count). The second kappa shape index (κ2) is 10.5. The van der Waals surface area contributed by atoms with Crippen LogP contribution in [0.25, 0.3) is 17.0 Å². The van der Waals surface area contributed by atoms with E-state index in [1.165, 1.54) is 11.8 Å². The number of carbonyl (C=O) groups excluding carboxylic acids is 2. The van der Waals surface area contributed by atoms with E-state index < -0.39 is 5.91 Å². The molecule has 0 atom stereocenters. The van der Waals surface area contributed by atoms with Crippen molar-refractivity contribution in [2.75, 3.05) is 13.2 Å². The average molecular weight is 497 g/mol. The summed E-state index contributed by atoms with van der Waals surface area (Å²) in [5.41, 5.74) is 9.00. The molecule has 0 saturated carbocycles. The number of aromatic nitrogens is 1. The van der Waals surface area contributed by atoms with Crippen molar-refractivity contribution in [2.45, 2.75) is 6.42 Å². The van der Waals surface area contributed by atoms with Gasteiger partial charge in [0.1, 0.15) is 5.75 Å². The Bertz CT molecular complexity index is 1460. The van der Waals surface area contributed by atoms with E-state index in [-0.39, 0.29) is 12.5 Å². The zero-order valence-corrected chi connectivity index (χ0v) is 20.2. The number of aliphatic imine (C=N–C) groups is 1. The topological polar surface area (TPSA) is 101 Å². The molecule has 2 heterocycles. The van der Waals surface area contributed by atoms with Crippen LogP contribution in [0.3, 0.4) is 0 Å². The number of nitrogens with two attached hydrogens (primary N) is 1. The summed E-state index contributed by atoms with van der Waals surface area (Å²) in [5.74, 6) is -0.0799. The van der Waals surface area contributed by atoms with Crippen LogP contribution in [-0.4, -0.2) is 40.0 Å². The number of hydrogen-bond donors (Lipinski definition) is 2. The fourth-order valence-electron chi connectivity index (χ4n) is 3.94. The molecule has 1 fully saturated rings. The standard InChI is InChI=1S/C28H24N4O3S/c29-26(33)18-35-22-12-10-19(11-13-22)16-25-27(34)32(28(36-25)31-21-6-2-1-3-7-21)15-14-20-17-30-24-9-5-4-8-23(20)24/h1-13,16-17,30H,14-15,18H2,(H2,29,33)/b25-16-,31-28?. The van der Waals surface area contributed by atoms with Gasteiger partial charge in [-0.3, -0.25) is 14.5 Å². The van der Waals surface area contributed by atoms with Gasteiger partial charge in [-0.1, -0.05) is 48.5 Å². The van der Waals surface area contributed by atoms with Crippen molar-refractivity contribution in [1.82, 2.24) is 9.88 Å². The minimum atomic E-state index is -0.535. The molecule has 1 saturated heterocycles. The van der Waals surface area contributed by atoms with Crippen LogP contribution in [-0.2, 0) is 16.0 Å². The Morgan fingerprint density at radius 2 is 1.78 bits per heavy atom. The minimum absolute atomic E-state index is 0.0800. The molecule has 0 unspecified atom stereocenters. The molecule has 0 spiro atoms. The summed E-state index contributed by atoms with van der Waals surface area (Å²) >= 11 is 1.36. The number of ether oxygens (including phenoxy) is 1. The molecular formula is C28H24N4O3S. The highest BCUT2D eigenvalue weighted by Crippen LogP contribution is 2.34. The van der Waals surface area contributed by atoms with Gasteiger partial charge in [0.2, 0.25) is 0 Å². The van der Waals surface area contributed by atoms with Gasteiger partial charge in [-0.15, -0.1) is 0 Å². The van der Waals surface area contributed by atoms with Gasteiger partial charge in [0.05, 0.1) is 10.6 Å². The van der Waals surface area contributed by atoms with Gasteiger partial charge in [0.25, 0.3) is 11.8 Å². The Kier molecular flexibility index (Phi) is 6.86. The van der Waals surface area contributed by atoms with Gasteiger partial charge >= 0.3 is 0 Å². The smallest absolute Gasteiger partial charge is 0.266 e. The first-order valence-electron chi connectivity index (χ1n) is 11.5. The second-order valence-corrected chi connectivity index (χ2v) is 9.24. The average Bonchev–Trinajstić information content (AvgIpc) is 3.43. The number of carbonyl (C=O) groups is 2. The van der Waals surface area contributed by atoms with Gasteiger partial charge in [-0.2, -0.15) is 0 Å². The number of primary amides is 1. The monoisotopic (exact) mass is 496 g/mol. The Hall–Kier alpha value is -4.30. The lowest BCUT2D eigenvalue weighted by Crippen LogP contribution is -2.31. The maximum Gasteiger partial charge on any atom is 0.266 e. The number of thioether (sulfide) groups is 1. The quantitative estimate of drug-likeness (QED) is 0.340. The molecule has 36 heavy (non-hydrogen) atoms. The van der Waals surface area contributed by atoms with Crippen LogP contribution in [0.1, 0.15) is 11.1 Å². The molecule has 0 bridgehead atoms. The summed E-state index contributed by atoms with van der Waals surface area (Å²) in [6.07, 6.45) is 4.55. The number of H-pyrrole nitrogens is 1. The molecule has 180 valence electrons. The highest BCUT2D eigenvalue weighted by molar-refractivity contribution is 8.18. The largest absolute Gasteiger partial charge is 0.484 e.